The van der Waals surface area contributed by atoms with Gasteiger partial charge in [0, 0.05) is 12.2 Å². The maximum Gasteiger partial charge on any atom is 0.307 e. The Morgan fingerprint density at radius 1 is 1.35 bits per heavy atom. The Morgan fingerprint density at radius 2 is 2.10 bits per heavy atom. The summed E-state index contributed by atoms with van der Waals surface area (Å²) in [6, 6.07) is 4.50. The first-order valence-corrected chi connectivity index (χ1v) is 6.45. The fourth-order valence-corrected chi connectivity index (χ4v) is 1.50. The molecule has 0 saturated carbocycles. The molecule has 2 N–H and O–H groups in total. The Labute approximate surface area is 117 Å². The average molecular weight is 282 g/mol. The summed E-state index contributed by atoms with van der Waals surface area (Å²) in [6.07, 6.45) is 0.209. The Balaban J connectivity index is 2.26. The molecular formula is C14H19FN2O3. The van der Waals surface area contributed by atoms with Crippen molar-refractivity contribution < 1.29 is 18.7 Å². The molecule has 1 aromatic rings. The summed E-state index contributed by atoms with van der Waals surface area (Å²) in [4.78, 5) is 22.6. The third-order valence-corrected chi connectivity index (χ3v) is 2.55. The minimum atomic E-state index is -0.363. The number of amides is 1. The molecule has 0 aliphatic rings. The number of hydrogen-bond acceptors (Lipinski definition) is 4. The Hall–Kier alpha value is -1.95. The molecule has 0 atom stereocenters. The molecular weight excluding hydrogens is 263 g/mol. The standard InChI is InChI=1S/C14H19FN2O3/c1-3-20-14(19)6-7-16-9-13(18)17-11-5-4-10(2)12(15)8-11/h4-5,8,16H,3,6-7,9H2,1-2H3,(H,17,18). The predicted molar refractivity (Wildman–Crippen MR) is 73.9 cm³/mol. The third-order valence-electron chi connectivity index (χ3n) is 2.55. The van der Waals surface area contributed by atoms with Crippen LogP contribution in [0.15, 0.2) is 18.2 Å². The lowest BCUT2D eigenvalue weighted by Crippen LogP contribution is -2.30. The number of nitrogens with one attached hydrogen (secondary N) is 2. The number of carbonyl (C=O) groups excluding carboxylic acids is 2. The number of rotatable bonds is 7. The molecule has 0 bridgehead atoms. The van der Waals surface area contributed by atoms with Crippen LogP contribution in [0.5, 0.6) is 0 Å². The minimum absolute atomic E-state index is 0.0505. The number of halogens is 1. The Kier molecular flexibility index (Phi) is 6.66. The van der Waals surface area contributed by atoms with Gasteiger partial charge >= 0.3 is 5.97 Å². The van der Waals surface area contributed by atoms with Gasteiger partial charge in [-0.1, -0.05) is 6.07 Å². The van der Waals surface area contributed by atoms with E-state index in [0.717, 1.165) is 0 Å². The second kappa shape index (κ2) is 8.27. The van der Waals surface area contributed by atoms with Crippen molar-refractivity contribution in [3.05, 3.63) is 29.6 Å². The number of benzene rings is 1. The van der Waals surface area contributed by atoms with Crippen LogP contribution in [0.25, 0.3) is 0 Å². The Bertz CT molecular complexity index is 477. The van der Waals surface area contributed by atoms with Gasteiger partial charge in [0.05, 0.1) is 19.6 Å². The van der Waals surface area contributed by atoms with Gasteiger partial charge in [-0.15, -0.1) is 0 Å². The molecule has 0 saturated heterocycles. The van der Waals surface area contributed by atoms with E-state index in [0.29, 0.717) is 24.4 Å². The van der Waals surface area contributed by atoms with E-state index in [1.807, 2.05) is 0 Å². The van der Waals surface area contributed by atoms with Gasteiger partial charge in [-0.25, -0.2) is 4.39 Å². The fourth-order valence-electron chi connectivity index (χ4n) is 1.50. The van der Waals surface area contributed by atoms with E-state index in [1.54, 1.807) is 26.0 Å². The van der Waals surface area contributed by atoms with Gasteiger partial charge in [0.25, 0.3) is 0 Å². The summed E-state index contributed by atoms with van der Waals surface area (Å²) in [6.45, 7) is 4.14. The predicted octanol–water partition coefficient (Wildman–Crippen LogP) is 1.62. The van der Waals surface area contributed by atoms with E-state index >= 15 is 0 Å². The summed E-state index contributed by atoms with van der Waals surface area (Å²) in [7, 11) is 0. The van der Waals surface area contributed by atoms with Crippen LogP contribution in [0, 0.1) is 12.7 Å². The van der Waals surface area contributed by atoms with Crippen LogP contribution in [0.1, 0.15) is 18.9 Å². The van der Waals surface area contributed by atoms with Crippen molar-refractivity contribution in [2.45, 2.75) is 20.3 Å². The first-order chi connectivity index (χ1) is 9.52. The van der Waals surface area contributed by atoms with E-state index in [2.05, 4.69) is 10.6 Å². The lowest BCUT2D eigenvalue weighted by atomic mass is 10.2. The smallest absolute Gasteiger partial charge is 0.307 e. The number of hydrogen-bond donors (Lipinski definition) is 2. The zero-order chi connectivity index (χ0) is 15.0. The molecule has 1 amide bonds. The van der Waals surface area contributed by atoms with Crippen LogP contribution >= 0.6 is 0 Å². The average Bonchev–Trinajstić information content (AvgIpc) is 2.39. The highest BCUT2D eigenvalue weighted by atomic mass is 19.1. The molecule has 20 heavy (non-hydrogen) atoms. The molecule has 5 nitrogen and oxygen atoms in total. The second-order valence-electron chi connectivity index (χ2n) is 4.24. The molecule has 6 heteroatoms. The zero-order valence-electron chi connectivity index (χ0n) is 11.7. The molecule has 0 radical (unpaired) electrons. The lowest BCUT2D eigenvalue weighted by molar-refractivity contribution is -0.143. The van der Waals surface area contributed by atoms with Gasteiger partial charge in [0.1, 0.15) is 5.82 Å². The van der Waals surface area contributed by atoms with Crippen molar-refractivity contribution in [2.24, 2.45) is 0 Å². The van der Waals surface area contributed by atoms with Crippen molar-refractivity contribution in [3.63, 3.8) is 0 Å². The quantitative estimate of drug-likeness (QED) is 0.589. The SMILES string of the molecule is CCOC(=O)CCNCC(=O)Nc1ccc(C)c(F)c1. The summed E-state index contributed by atoms with van der Waals surface area (Å²) in [5.74, 6) is -0.962. The van der Waals surface area contributed by atoms with Gasteiger partial charge in [0.2, 0.25) is 5.91 Å². The van der Waals surface area contributed by atoms with Crippen molar-refractivity contribution >= 4 is 17.6 Å². The molecule has 1 rings (SSSR count). The third kappa shape index (κ3) is 5.79. The molecule has 110 valence electrons. The largest absolute Gasteiger partial charge is 0.466 e. The second-order valence-corrected chi connectivity index (χ2v) is 4.24. The number of anilines is 1. The van der Waals surface area contributed by atoms with Crippen molar-refractivity contribution in [1.82, 2.24) is 5.32 Å². The molecule has 0 aliphatic carbocycles. The van der Waals surface area contributed by atoms with Crippen LogP contribution in [0.4, 0.5) is 10.1 Å². The van der Waals surface area contributed by atoms with Crippen LogP contribution in [-0.2, 0) is 14.3 Å². The highest BCUT2D eigenvalue weighted by Crippen LogP contribution is 2.13. The molecule has 0 unspecified atom stereocenters. The van der Waals surface area contributed by atoms with E-state index in [1.165, 1.54) is 6.07 Å². The van der Waals surface area contributed by atoms with Crippen LogP contribution < -0.4 is 10.6 Å². The van der Waals surface area contributed by atoms with Crippen molar-refractivity contribution in [1.29, 1.82) is 0 Å². The van der Waals surface area contributed by atoms with Gasteiger partial charge in [-0.3, -0.25) is 9.59 Å². The maximum absolute atomic E-state index is 13.3. The van der Waals surface area contributed by atoms with Gasteiger partial charge in [-0.2, -0.15) is 0 Å². The maximum atomic E-state index is 13.3. The van der Waals surface area contributed by atoms with Crippen LogP contribution in [-0.4, -0.2) is 31.6 Å². The fraction of sp³-hybridized carbons (Fsp3) is 0.429. The monoisotopic (exact) mass is 282 g/mol. The molecule has 0 spiro atoms. The number of esters is 1. The van der Waals surface area contributed by atoms with Gasteiger partial charge in [0.15, 0.2) is 0 Å². The van der Waals surface area contributed by atoms with Crippen LogP contribution in [0.3, 0.4) is 0 Å². The van der Waals surface area contributed by atoms with Crippen molar-refractivity contribution in [2.75, 3.05) is 25.0 Å². The normalized spacial score (nSPS) is 10.2. The minimum Gasteiger partial charge on any atom is -0.466 e. The van der Waals surface area contributed by atoms with E-state index in [9.17, 15) is 14.0 Å². The van der Waals surface area contributed by atoms with Gasteiger partial charge in [-0.05, 0) is 31.5 Å². The summed E-state index contributed by atoms with van der Waals surface area (Å²) in [5.41, 5.74) is 0.931. The number of aryl methyl sites for hydroxylation is 1. The zero-order valence-corrected chi connectivity index (χ0v) is 11.7. The summed E-state index contributed by atoms with van der Waals surface area (Å²) >= 11 is 0. The van der Waals surface area contributed by atoms with E-state index in [-0.39, 0.29) is 30.7 Å². The topological polar surface area (TPSA) is 67.4 Å². The molecule has 0 aromatic heterocycles. The van der Waals surface area contributed by atoms with E-state index in [4.69, 9.17) is 4.74 Å². The summed E-state index contributed by atoms with van der Waals surface area (Å²) in [5, 5.41) is 5.38. The van der Waals surface area contributed by atoms with Crippen LogP contribution in [0.2, 0.25) is 0 Å². The Morgan fingerprint density at radius 3 is 2.75 bits per heavy atom. The van der Waals surface area contributed by atoms with Crippen molar-refractivity contribution in [3.8, 4) is 0 Å². The summed E-state index contributed by atoms with van der Waals surface area (Å²) < 4.78 is 18.0. The highest BCUT2D eigenvalue weighted by molar-refractivity contribution is 5.92. The lowest BCUT2D eigenvalue weighted by Gasteiger charge is -2.07. The molecule has 0 heterocycles. The molecule has 0 aliphatic heterocycles. The highest BCUT2D eigenvalue weighted by Gasteiger charge is 2.05. The number of ether oxygens (including phenoxy) is 1. The number of carbonyl (C=O) groups is 2. The van der Waals surface area contributed by atoms with Gasteiger partial charge < -0.3 is 15.4 Å². The molecule has 1 aromatic carbocycles. The molecule has 0 fully saturated rings. The first kappa shape index (κ1) is 16.1. The first-order valence-electron chi connectivity index (χ1n) is 6.45. The van der Waals surface area contributed by atoms with E-state index < -0.39 is 0 Å².